The molecule has 0 fully saturated rings. The maximum atomic E-state index is 4.26. The van der Waals surface area contributed by atoms with Crippen molar-refractivity contribution in [1.82, 2.24) is 9.55 Å². The Hall–Kier alpha value is -2.90. The van der Waals surface area contributed by atoms with Gasteiger partial charge in [-0.2, -0.15) is 0 Å². The predicted molar refractivity (Wildman–Crippen MR) is 120 cm³/mol. The van der Waals surface area contributed by atoms with E-state index in [1.165, 1.54) is 27.3 Å². The second-order valence-electron chi connectivity index (χ2n) is 6.85. The van der Waals surface area contributed by atoms with Gasteiger partial charge < -0.3 is 9.47 Å². The molecule has 3 aromatic carbocycles. The molecule has 0 amide bonds. The zero-order chi connectivity index (χ0) is 19.3. The lowest BCUT2D eigenvalue weighted by Crippen LogP contribution is -2.28. The minimum Gasteiger partial charge on any atom is -0.368 e. The van der Waals surface area contributed by atoms with E-state index < -0.39 is 7.92 Å². The normalized spacial score (nSPS) is 11.0. The topological polar surface area (TPSA) is 21.1 Å². The van der Waals surface area contributed by atoms with Crippen LogP contribution in [0.2, 0.25) is 0 Å². The fraction of sp³-hybridized carbons (Fsp3) is 0.125. The number of benzene rings is 3. The van der Waals surface area contributed by atoms with Gasteiger partial charge in [0.1, 0.15) is 0 Å². The van der Waals surface area contributed by atoms with Crippen LogP contribution in [0.5, 0.6) is 0 Å². The van der Waals surface area contributed by atoms with Crippen LogP contribution in [0.3, 0.4) is 0 Å². The van der Waals surface area contributed by atoms with Crippen molar-refractivity contribution in [3.8, 4) is 0 Å². The third-order valence-electron chi connectivity index (χ3n) is 4.88. The molecule has 0 atom stereocenters. The summed E-state index contributed by atoms with van der Waals surface area (Å²) in [6, 6.07) is 30.5. The molecule has 0 unspecified atom stereocenters. The van der Waals surface area contributed by atoms with Gasteiger partial charge in [0.2, 0.25) is 0 Å². The van der Waals surface area contributed by atoms with Gasteiger partial charge in [-0.15, -0.1) is 0 Å². The number of aromatic nitrogens is 2. The smallest absolute Gasteiger partial charge is 0.0946 e. The van der Waals surface area contributed by atoms with Crippen LogP contribution in [-0.2, 0) is 13.6 Å². The second-order valence-corrected chi connectivity index (χ2v) is 9.03. The Labute approximate surface area is 168 Å². The Bertz CT molecular complexity index is 988. The Morgan fingerprint density at radius 2 is 1.39 bits per heavy atom. The molecule has 1 aromatic heterocycles. The van der Waals surface area contributed by atoms with E-state index >= 15 is 0 Å². The van der Waals surface area contributed by atoms with Crippen molar-refractivity contribution in [2.24, 2.45) is 7.05 Å². The van der Waals surface area contributed by atoms with Gasteiger partial charge in [0.05, 0.1) is 18.6 Å². The van der Waals surface area contributed by atoms with Gasteiger partial charge >= 0.3 is 0 Å². The van der Waals surface area contributed by atoms with Crippen LogP contribution in [-0.4, -0.2) is 16.6 Å². The first-order chi connectivity index (χ1) is 13.7. The standard InChI is InChI=1S/C24H24N3P/c1-26(18-20-17-25-19-27(20)2)23-15-9-10-16-24(23)28(21-11-5-3-6-12-21)22-13-7-4-8-14-22/h3-17,19H,18H2,1-2H3. The molecule has 0 saturated heterocycles. The molecule has 0 radical (unpaired) electrons. The molecule has 1 heterocycles. The summed E-state index contributed by atoms with van der Waals surface area (Å²) in [5.74, 6) is 0. The first kappa shape index (κ1) is 18.5. The lowest BCUT2D eigenvalue weighted by Gasteiger charge is -2.27. The molecule has 0 aliphatic heterocycles. The summed E-state index contributed by atoms with van der Waals surface area (Å²) in [5, 5.41) is 4.11. The molecular formula is C24H24N3P. The van der Waals surface area contributed by atoms with Gasteiger partial charge in [0, 0.05) is 31.3 Å². The maximum Gasteiger partial charge on any atom is 0.0946 e. The first-order valence-electron chi connectivity index (χ1n) is 9.39. The van der Waals surface area contributed by atoms with E-state index in [-0.39, 0.29) is 0 Å². The Kier molecular flexibility index (Phi) is 5.55. The number of nitrogens with zero attached hydrogens (tertiary/aromatic N) is 3. The molecule has 0 N–H and O–H groups in total. The quantitative estimate of drug-likeness (QED) is 0.471. The Balaban J connectivity index is 1.78. The number of hydrogen-bond donors (Lipinski definition) is 0. The van der Waals surface area contributed by atoms with Gasteiger partial charge in [-0.3, -0.25) is 0 Å². The molecule has 4 heteroatoms. The third kappa shape index (κ3) is 3.85. The average molecular weight is 385 g/mol. The second kappa shape index (κ2) is 8.41. The van der Waals surface area contributed by atoms with E-state index in [4.69, 9.17) is 0 Å². The highest BCUT2D eigenvalue weighted by molar-refractivity contribution is 7.80. The Morgan fingerprint density at radius 3 is 1.96 bits per heavy atom. The largest absolute Gasteiger partial charge is 0.368 e. The highest BCUT2D eigenvalue weighted by Gasteiger charge is 2.21. The van der Waals surface area contributed by atoms with Crippen LogP contribution in [0.1, 0.15) is 5.69 Å². The fourth-order valence-corrected chi connectivity index (χ4v) is 5.93. The van der Waals surface area contributed by atoms with E-state index in [0.29, 0.717) is 0 Å². The molecule has 4 rings (SSSR count). The number of para-hydroxylation sites is 1. The molecule has 28 heavy (non-hydrogen) atoms. The summed E-state index contributed by atoms with van der Waals surface area (Å²) in [4.78, 5) is 6.59. The summed E-state index contributed by atoms with van der Waals surface area (Å²) in [6.07, 6.45) is 3.80. The molecule has 0 aliphatic carbocycles. The van der Waals surface area contributed by atoms with Crippen LogP contribution < -0.4 is 20.8 Å². The summed E-state index contributed by atoms with van der Waals surface area (Å²) < 4.78 is 2.08. The van der Waals surface area contributed by atoms with Crippen molar-refractivity contribution in [3.05, 3.63) is 103 Å². The van der Waals surface area contributed by atoms with Gasteiger partial charge in [-0.05, 0) is 24.6 Å². The van der Waals surface area contributed by atoms with Crippen LogP contribution >= 0.6 is 7.92 Å². The third-order valence-corrected chi connectivity index (χ3v) is 7.37. The minimum atomic E-state index is -0.634. The van der Waals surface area contributed by atoms with E-state index in [0.717, 1.165) is 6.54 Å². The van der Waals surface area contributed by atoms with Crippen molar-refractivity contribution >= 4 is 29.5 Å². The van der Waals surface area contributed by atoms with Gasteiger partial charge in [-0.1, -0.05) is 78.9 Å². The molecule has 4 aromatic rings. The Morgan fingerprint density at radius 1 is 0.821 bits per heavy atom. The van der Waals surface area contributed by atoms with E-state index in [9.17, 15) is 0 Å². The SMILES string of the molecule is CN(Cc1cncn1C)c1ccccc1P(c1ccccc1)c1ccccc1. The number of anilines is 1. The zero-order valence-corrected chi connectivity index (χ0v) is 17.1. The number of rotatable bonds is 6. The molecular weight excluding hydrogens is 361 g/mol. The van der Waals surface area contributed by atoms with Crippen molar-refractivity contribution in [2.45, 2.75) is 6.54 Å². The molecule has 3 nitrogen and oxygen atoms in total. The highest BCUT2D eigenvalue weighted by Crippen LogP contribution is 2.36. The van der Waals surface area contributed by atoms with Crippen LogP contribution in [0.25, 0.3) is 0 Å². The summed E-state index contributed by atoms with van der Waals surface area (Å²) in [5.41, 5.74) is 2.46. The summed E-state index contributed by atoms with van der Waals surface area (Å²) in [6.45, 7) is 0.820. The van der Waals surface area contributed by atoms with Crippen LogP contribution in [0.15, 0.2) is 97.5 Å². The van der Waals surface area contributed by atoms with Crippen LogP contribution in [0, 0.1) is 0 Å². The van der Waals surface area contributed by atoms with E-state index in [2.05, 4.69) is 106 Å². The van der Waals surface area contributed by atoms with Gasteiger partial charge in [0.25, 0.3) is 0 Å². The van der Waals surface area contributed by atoms with Gasteiger partial charge in [0.15, 0.2) is 0 Å². The molecule has 0 spiro atoms. The number of hydrogen-bond acceptors (Lipinski definition) is 2. The highest BCUT2D eigenvalue weighted by atomic mass is 31.1. The predicted octanol–water partition coefficient (Wildman–Crippen LogP) is 3.81. The maximum absolute atomic E-state index is 4.26. The lowest BCUT2D eigenvalue weighted by molar-refractivity contribution is 0.789. The van der Waals surface area contributed by atoms with Crippen molar-refractivity contribution in [2.75, 3.05) is 11.9 Å². The van der Waals surface area contributed by atoms with Gasteiger partial charge in [-0.25, -0.2) is 4.98 Å². The molecule has 0 saturated carbocycles. The summed E-state index contributed by atoms with van der Waals surface area (Å²) >= 11 is 0. The first-order valence-corrected chi connectivity index (χ1v) is 10.7. The van der Waals surface area contributed by atoms with E-state index in [1.807, 2.05) is 19.6 Å². The monoisotopic (exact) mass is 385 g/mol. The number of aryl methyl sites for hydroxylation is 1. The minimum absolute atomic E-state index is 0.634. The number of imidazole rings is 1. The molecule has 0 bridgehead atoms. The van der Waals surface area contributed by atoms with E-state index in [1.54, 1.807) is 0 Å². The lowest BCUT2D eigenvalue weighted by atomic mass is 10.3. The van der Waals surface area contributed by atoms with Crippen LogP contribution in [0.4, 0.5) is 5.69 Å². The molecule has 0 aliphatic rings. The zero-order valence-electron chi connectivity index (χ0n) is 16.2. The average Bonchev–Trinajstić information content (AvgIpc) is 3.14. The van der Waals surface area contributed by atoms with Crippen molar-refractivity contribution in [3.63, 3.8) is 0 Å². The van der Waals surface area contributed by atoms with Crippen molar-refractivity contribution < 1.29 is 0 Å². The fourth-order valence-electron chi connectivity index (χ4n) is 3.42. The summed E-state index contributed by atoms with van der Waals surface area (Å²) in [7, 11) is 3.57. The van der Waals surface area contributed by atoms with Crippen molar-refractivity contribution in [1.29, 1.82) is 0 Å². The molecule has 140 valence electrons.